The molecule has 0 saturated heterocycles. The molecule has 0 radical (unpaired) electrons. The van der Waals surface area contributed by atoms with E-state index in [1.807, 2.05) is 73.7 Å². The molecule has 0 aromatic heterocycles. The van der Waals surface area contributed by atoms with Crippen LogP contribution in [0.4, 0.5) is 11.4 Å². The van der Waals surface area contributed by atoms with Gasteiger partial charge in [0.05, 0.1) is 5.69 Å². The lowest BCUT2D eigenvalue weighted by atomic mass is 9.88. The van der Waals surface area contributed by atoms with Crippen molar-refractivity contribution in [3.8, 4) is 5.75 Å². The van der Waals surface area contributed by atoms with E-state index in [0.29, 0.717) is 30.1 Å². The maximum Gasteiger partial charge on any atom is 0.268 e. The van der Waals surface area contributed by atoms with Crippen LogP contribution in [0.5, 0.6) is 5.75 Å². The summed E-state index contributed by atoms with van der Waals surface area (Å²) in [6.07, 6.45) is -0.286. The number of rotatable bonds is 7. The average molecular weight is 441 g/mol. The number of nitrogens with one attached hydrogen (secondary N) is 1. The summed E-state index contributed by atoms with van der Waals surface area (Å²) >= 11 is 0. The molecular formula is C28H28N2O3. The second-order valence-electron chi connectivity index (χ2n) is 8.45. The molecule has 5 heteroatoms. The van der Waals surface area contributed by atoms with Crippen molar-refractivity contribution in [3.05, 3.63) is 102 Å². The highest BCUT2D eigenvalue weighted by Gasteiger charge is 2.31. The number of hydrogen-bond donors (Lipinski definition) is 1. The van der Waals surface area contributed by atoms with Crippen molar-refractivity contribution < 1.29 is 14.3 Å². The number of fused-ring (bicyclic) bond motifs is 1. The minimum Gasteiger partial charge on any atom is -0.479 e. The molecule has 168 valence electrons. The smallest absolute Gasteiger partial charge is 0.268 e. The third-order valence-electron chi connectivity index (χ3n) is 5.67. The van der Waals surface area contributed by atoms with Crippen LogP contribution in [0.25, 0.3) is 0 Å². The first-order valence-electron chi connectivity index (χ1n) is 11.1. The van der Waals surface area contributed by atoms with Gasteiger partial charge < -0.3 is 15.0 Å². The number of amides is 2. The number of ether oxygens (including phenoxy) is 1. The predicted octanol–water partition coefficient (Wildman–Crippen LogP) is 5.54. The number of hydrogen-bond acceptors (Lipinski definition) is 3. The van der Waals surface area contributed by atoms with Crippen LogP contribution in [0.3, 0.4) is 0 Å². The van der Waals surface area contributed by atoms with E-state index < -0.39 is 6.10 Å². The normalized spacial score (nSPS) is 15.1. The summed E-state index contributed by atoms with van der Waals surface area (Å²) < 4.78 is 5.83. The number of nitrogens with zero attached hydrogens (tertiary/aromatic N) is 1. The van der Waals surface area contributed by atoms with Crippen molar-refractivity contribution in [2.75, 3.05) is 16.8 Å². The van der Waals surface area contributed by atoms with Gasteiger partial charge in [-0.2, -0.15) is 0 Å². The average Bonchev–Trinajstić information content (AvgIpc) is 2.81. The molecular weight excluding hydrogens is 412 g/mol. The number of anilines is 2. The van der Waals surface area contributed by atoms with Crippen LogP contribution in [0.1, 0.15) is 37.3 Å². The highest BCUT2D eigenvalue weighted by atomic mass is 16.5. The first-order valence-corrected chi connectivity index (χ1v) is 11.1. The van der Waals surface area contributed by atoms with Crippen LogP contribution in [0, 0.1) is 0 Å². The zero-order valence-electron chi connectivity index (χ0n) is 19.0. The number of carbonyl (C=O) groups excluding carboxylic acids is 2. The van der Waals surface area contributed by atoms with Gasteiger partial charge in [-0.1, -0.05) is 72.8 Å². The summed E-state index contributed by atoms with van der Waals surface area (Å²) in [5, 5.41) is 3.00. The molecule has 0 aliphatic carbocycles. The van der Waals surface area contributed by atoms with Crippen LogP contribution in [0.15, 0.2) is 91.0 Å². The van der Waals surface area contributed by atoms with Gasteiger partial charge in [0.1, 0.15) is 5.75 Å². The Hall–Kier alpha value is -3.86. The molecule has 33 heavy (non-hydrogen) atoms. The summed E-state index contributed by atoms with van der Waals surface area (Å²) in [6, 6.07) is 25.5. The van der Waals surface area contributed by atoms with Crippen LogP contribution < -0.4 is 15.0 Å². The van der Waals surface area contributed by atoms with Gasteiger partial charge in [-0.25, -0.2) is 0 Å². The maximum absolute atomic E-state index is 13.0. The fraction of sp³-hybridized carbons (Fsp3) is 0.214. The molecule has 0 spiro atoms. The van der Waals surface area contributed by atoms with Crippen LogP contribution >= 0.6 is 0 Å². The van der Waals surface area contributed by atoms with Gasteiger partial charge in [0, 0.05) is 30.6 Å². The molecule has 1 unspecified atom stereocenters. The Morgan fingerprint density at radius 3 is 2.21 bits per heavy atom. The Morgan fingerprint density at radius 2 is 1.64 bits per heavy atom. The van der Waals surface area contributed by atoms with Crippen LogP contribution in [-0.2, 0) is 9.59 Å². The first kappa shape index (κ1) is 22.3. The lowest BCUT2D eigenvalue weighted by Crippen LogP contribution is -2.45. The van der Waals surface area contributed by atoms with Crippen LogP contribution in [0.2, 0.25) is 0 Å². The van der Waals surface area contributed by atoms with Crippen molar-refractivity contribution in [2.45, 2.75) is 32.3 Å². The van der Waals surface area contributed by atoms with Crippen molar-refractivity contribution in [1.82, 2.24) is 0 Å². The largest absolute Gasteiger partial charge is 0.479 e. The third kappa shape index (κ3) is 5.14. The SMILES string of the molecule is C=C(C)CN1C(=O)C(C)Oc2cc(NC(=O)CC(c3ccccc3)c3ccccc3)ccc21. The molecule has 3 aromatic rings. The van der Waals surface area contributed by atoms with E-state index >= 15 is 0 Å². The Bertz CT molecular complexity index is 1120. The summed E-state index contributed by atoms with van der Waals surface area (Å²) in [7, 11) is 0. The molecule has 1 N–H and O–H groups in total. The summed E-state index contributed by atoms with van der Waals surface area (Å²) in [4.78, 5) is 27.3. The molecule has 4 rings (SSSR count). The van der Waals surface area contributed by atoms with Crippen molar-refractivity contribution in [1.29, 1.82) is 0 Å². The van der Waals surface area contributed by atoms with Gasteiger partial charge in [0.2, 0.25) is 5.91 Å². The van der Waals surface area contributed by atoms with Gasteiger partial charge in [0.15, 0.2) is 6.10 Å². The Kier molecular flexibility index (Phi) is 6.59. The second kappa shape index (κ2) is 9.74. The lowest BCUT2D eigenvalue weighted by molar-refractivity contribution is -0.125. The Labute approximate surface area is 194 Å². The summed E-state index contributed by atoms with van der Waals surface area (Å²) in [6.45, 7) is 7.97. The van der Waals surface area contributed by atoms with Gasteiger partial charge in [-0.15, -0.1) is 0 Å². The fourth-order valence-electron chi connectivity index (χ4n) is 4.12. The molecule has 5 nitrogen and oxygen atoms in total. The first-order chi connectivity index (χ1) is 15.9. The van der Waals surface area contributed by atoms with E-state index in [0.717, 1.165) is 16.7 Å². The molecule has 3 aromatic carbocycles. The second-order valence-corrected chi connectivity index (χ2v) is 8.45. The minimum absolute atomic E-state index is 0.0509. The zero-order chi connectivity index (χ0) is 23.4. The predicted molar refractivity (Wildman–Crippen MR) is 132 cm³/mol. The summed E-state index contributed by atoms with van der Waals surface area (Å²) in [5.74, 6) is 0.330. The lowest BCUT2D eigenvalue weighted by Gasteiger charge is -2.33. The van der Waals surface area contributed by atoms with Gasteiger partial charge in [-0.05, 0) is 37.1 Å². The molecule has 1 heterocycles. The molecule has 2 amide bonds. The van der Waals surface area contributed by atoms with E-state index in [9.17, 15) is 9.59 Å². The highest BCUT2D eigenvalue weighted by Crippen LogP contribution is 2.37. The zero-order valence-corrected chi connectivity index (χ0v) is 19.0. The van der Waals surface area contributed by atoms with E-state index in [2.05, 4.69) is 11.9 Å². The van der Waals surface area contributed by atoms with Crippen LogP contribution in [-0.4, -0.2) is 24.5 Å². The fourth-order valence-corrected chi connectivity index (χ4v) is 4.12. The maximum atomic E-state index is 13.0. The van der Waals surface area contributed by atoms with Gasteiger partial charge in [0.25, 0.3) is 5.91 Å². The molecule has 1 aliphatic heterocycles. The molecule has 0 fully saturated rings. The van der Waals surface area contributed by atoms with Gasteiger partial charge in [-0.3, -0.25) is 9.59 Å². The minimum atomic E-state index is -0.594. The molecule has 0 saturated carbocycles. The standard InChI is InChI=1S/C28H28N2O3/c1-19(2)18-30-25-15-14-23(16-26(25)33-20(3)28(30)32)29-27(31)17-24(21-10-6-4-7-11-21)22-12-8-5-9-13-22/h4-16,20,24H,1,17-18H2,2-3H3,(H,29,31). The van der Waals surface area contributed by atoms with E-state index in [-0.39, 0.29) is 17.7 Å². The number of benzene rings is 3. The quantitative estimate of drug-likeness (QED) is 0.491. The Balaban J connectivity index is 1.54. The Morgan fingerprint density at radius 1 is 1.03 bits per heavy atom. The highest BCUT2D eigenvalue weighted by molar-refractivity contribution is 6.01. The molecule has 0 bridgehead atoms. The monoisotopic (exact) mass is 440 g/mol. The molecule has 1 atom stereocenters. The number of carbonyl (C=O) groups is 2. The van der Waals surface area contributed by atoms with Crippen molar-refractivity contribution in [2.24, 2.45) is 0 Å². The van der Waals surface area contributed by atoms with Crippen molar-refractivity contribution >= 4 is 23.2 Å². The van der Waals surface area contributed by atoms with Crippen molar-refractivity contribution in [3.63, 3.8) is 0 Å². The van der Waals surface area contributed by atoms with E-state index in [1.54, 1.807) is 24.0 Å². The molecule has 1 aliphatic rings. The third-order valence-corrected chi connectivity index (χ3v) is 5.67. The van der Waals surface area contributed by atoms with Gasteiger partial charge >= 0.3 is 0 Å². The topological polar surface area (TPSA) is 58.6 Å². The van der Waals surface area contributed by atoms with E-state index in [1.165, 1.54) is 0 Å². The summed E-state index contributed by atoms with van der Waals surface area (Å²) in [5.41, 5.74) is 4.39. The van der Waals surface area contributed by atoms with E-state index in [4.69, 9.17) is 4.74 Å².